The van der Waals surface area contributed by atoms with Crippen LogP contribution >= 0.6 is 0 Å². The Labute approximate surface area is 118 Å². The maximum absolute atomic E-state index is 12.3. The fourth-order valence-corrected chi connectivity index (χ4v) is 2.26. The minimum atomic E-state index is -0.815. The Kier molecular flexibility index (Phi) is 3.72. The first-order chi connectivity index (χ1) is 9.74. The van der Waals surface area contributed by atoms with Crippen molar-refractivity contribution < 1.29 is 14.3 Å². The molecule has 0 aliphatic heterocycles. The Hall–Kier alpha value is -1.84. The molecule has 1 atom stereocenters. The number of hydrogen-bond acceptors (Lipinski definition) is 3. The maximum atomic E-state index is 12.3. The quantitative estimate of drug-likeness (QED) is 0.838. The van der Waals surface area contributed by atoms with Crippen molar-refractivity contribution in [2.45, 2.75) is 44.2 Å². The summed E-state index contributed by atoms with van der Waals surface area (Å²) < 4.78 is 5.48. The lowest BCUT2D eigenvalue weighted by Crippen LogP contribution is -2.35. The molecular formula is C16H19NO3. The lowest BCUT2D eigenvalue weighted by Gasteiger charge is -2.26. The lowest BCUT2D eigenvalue weighted by atomic mass is 9.85. The summed E-state index contributed by atoms with van der Waals surface area (Å²) in [5.74, 6) is -0.461. The van der Waals surface area contributed by atoms with Crippen LogP contribution in [0.3, 0.4) is 0 Å². The fraction of sp³-hybridized carbons (Fsp3) is 0.500. The normalized spacial score (nSPS) is 19.8. The van der Waals surface area contributed by atoms with E-state index in [0.29, 0.717) is 0 Å². The molecule has 2 saturated carbocycles. The molecule has 0 spiro atoms. The van der Waals surface area contributed by atoms with Gasteiger partial charge < -0.3 is 10.1 Å². The molecule has 1 unspecified atom stereocenters. The summed E-state index contributed by atoms with van der Waals surface area (Å²) in [6, 6.07) is 9.49. The van der Waals surface area contributed by atoms with E-state index >= 15 is 0 Å². The molecule has 4 nitrogen and oxygen atoms in total. The summed E-state index contributed by atoms with van der Waals surface area (Å²) in [5, 5.41) is 2.92. The van der Waals surface area contributed by atoms with E-state index in [1.54, 1.807) is 0 Å². The van der Waals surface area contributed by atoms with Crippen molar-refractivity contribution in [3.8, 4) is 0 Å². The minimum absolute atomic E-state index is 0.0186. The van der Waals surface area contributed by atoms with Gasteiger partial charge in [0.15, 0.2) is 0 Å². The first-order valence-corrected chi connectivity index (χ1v) is 7.30. The highest BCUT2D eigenvalue weighted by Gasteiger charge is 2.34. The van der Waals surface area contributed by atoms with Crippen LogP contribution in [0.5, 0.6) is 0 Å². The van der Waals surface area contributed by atoms with Crippen molar-refractivity contribution in [3.05, 3.63) is 35.9 Å². The van der Waals surface area contributed by atoms with Gasteiger partial charge in [-0.05, 0) is 25.7 Å². The van der Waals surface area contributed by atoms with E-state index in [9.17, 15) is 9.59 Å². The van der Waals surface area contributed by atoms with Crippen LogP contribution in [0.25, 0.3) is 0 Å². The van der Waals surface area contributed by atoms with Crippen LogP contribution in [0.2, 0.25) is 0 Å². The van der Waals surface area contributed by atoms with E-state index in [1.165, 1.54) is 0 Å². The van der Waals surface area contributed by atoms with Crippen LogP contribution in [0.15, 0.2) is 30.3 Å². The molecule has 0 saturated heterocycles. The van der Waals surface area contributed by atoms with Crippen LogP contribution in [0, 0.1) is 5.92 Å². The molecule has 1 aromatic carbocycles. The fourth-order valence-electron chi connectivity index (χ4n) is 2.26. The molecule has 0 heterocycles. The van der Waals surface area contributed by atoms with Gasteiger partial charge in [-0.25, -0.2) is 0 Å². The number of amides is 1. The van der Waals surface area contributed by atoms with Crippen molar-refractivity contribution in [1.82, 2.24) is 5.32 Å². The standard InChI is InChI=1S/C16H19NO3/c18-15(17-13-9-10-13)14(11-5-2-1-3-6-11)20-16(19)12-7-4-8-12/h1-3,5-6,12-14H,4,7-10H2,(H,17,18). The molecule has 4 heteroatoms. The van der Waals surface area contributed by atoms with E-state index in [-0.39, 0.29) is 23.8 Å². The second kappa shape index (κ2) is 5.65. The third-order valence-electron chi connectivity index (χ3n) is 3.94. The SMILES string of the molecule is O=C(OC(C(=O)NC1CC1)c1ccccc1)C1CCC1. The topological polar surface area (TPSA) is 55.4 Å². The van der Waals surface area contributed by atoms with Gasteiger partial charge in [0.25, 0.3) is 5.91 Å². The molecule has 3 rings (SSSR count). The van der Waals surface area contributed by atoms with E-state index in [2.05, 4.69) is 5.32 Å². The Bertz CT molecular complexity index is 492. The number of ether oxygens (including phenoxy) is 1. The van der Waals surface area contributed by atoms with Gasteiger partial charge >= 0.3 is 5.97 Å². The first-order valence-electron chi connectivity index (χ1n) is 7.30. The third kappa shape index (κ3) is 3.00. The summed E-state index contributed by atoms with van der Waals surface area (Å²) in [7, 11) is 0. The predicted octanol–water partition coefficient (Wildman–Crippen LogP) is 2.35. The average Bonchev–Trinajstić information content (AvgIpc) is 3.18. The number of carbonyl (C=O) groups is 2. The molecule has 20 heavy (non-hydrogen) atoms. The van der Waals surface area contributed by atoms with E-state index in [0.717, 1.165) is 37.7 Å². The van der Waals surface area contributed by atoms with Gasteiger partial charge in [0, 0.05) is 11.6 Å². The summed E-state index contributed by atoms with van der Waals surface area (Å²) >= 11 is 0. The molecule has 1 aromatic rings. The van der Waals surface area contributed by atoms with Gasteiger partial charge in [-0.15, -0.1) is 0 Å². The summed E-state index contributed by atoms with van der Waals surface area (Å²) in [4.78, 5) is 24.3. The Morgan fingerprint density at radius 2 is 1.80 bits per heavy atom. The van der Waals surface area contributed by atoms with Crippen LogP contribution < -0.4 is 5.32 Å². The number of esters is 1. The van der Waals surface area contributed by atoms with Gasteiger partial charge in [0.05, 0.1) is 5.92 Å². The monoisotopic (exact) mass is 273 g/mol. The second-order valence-corrected chi connectivity index (χ2v) is 5.64. The van der Waals surface area contributed by atoms with Crippen molar-refractivity contribution in [2.24, 2.45) is 5.92 Å². The Balaban J connectivity index is 1.71. The molecule has 0 aromatic heterocycles. The van der Waals surface area contributed by atoms with Gasteiger partial charge in [-0.2, -0.15) is 0 Å². The molecule has 0 bridgehead atoms. The molecule has 2 aliphatic carbocycles. The van der Waals surface area contributed by atoms with Gasteiger partial charge in [0.2, 0.25) is 6.10 Å². The average molecular weight is 273 g/mol. The zero-order valence-corrected chi connectivity index (χ0v) is 11.4. The number of carbonyl (C=O) groups excluding carboxylic acids is 2. The second-order valence-electron chi connectivity index (χ2n) is 5.64. The molecule has 2 aliphatic rings. The van der Waals surface area contributed by atoms with E-state index in [1.807, 2.05) is 30.3 Å². The van der Waals surface area contributed by atoms with Crippen molar-refractivity contribution >= 4 is 11.9 Å². The Morgan fingerprint density at radius 3 is 2.35 bits per heavy atom. The smallest absolute Gasteiger partial charge is 0.310 e. The lowest BCUT2D eigenvalue weighted by molar-refractivity contribution is -0.162. The molecule has 0 radical (unpaired) electrons. The number of rotatable bonds is 5. The molecular weight excluding hydrogens is 254 g/mol. The highest BCUT2D eigenvalue weighted by molar-refractivity contribution is 5.86. The summed E-state index contributed by atoms with van der Waals surface area (Å²) in [6.45, 7) is 0. The van der Waals surface area contributed by atoms with Crippen LogP contribution in [-0.2, 0) is 14.3 Å². The predicted molar refractivity (Wildman–Crippen MR) is 73.8 cm³/mol. The molecule has 106 valence electrons. The van der Waals surface area contributed by atoms with Crippen molar-refractivity contribution in [2.75, 3.05) is 0 Å². The largest absolute Gasteiger partial charge is 0.447 e. The zero-order valence-electron chi connectivity index (χ0n) is 11.4. The minimum Gasteiger partial charge on any atom is -0.447 e. The highest BCUT2D eigenvalue weighted by Crippen LogP contribution is 2.30. The summed E-state index contributed by atoms with van der Waals surface area (Å²) in [5.41, 5.74) is 0.735. The van der Waals surface area contributed by atoms with Gasteiger partial charge in [-0.3, -0.25) is 9.59 Å². The molecule has 1 N–H and O–H groups in total. The van der Waals surface area contributed by atoms with Gasteiger partial charge in [0.1, 0.15) is 0 Å². The summed E-state index contributed by atoms with van der Waals surface area (Å²) in [6.07, 6.45) is 4.05. The molecule has 2 fully saturated rings. The zero-order chi connectivity index (χ0) is 13.9. The molecule has 1 amide bonds. The van der Waals surface area contributed by atoms with Crippen molar-refractivity contribution in [1.29, 1.82) is 0 Å². The highest BCUT2D eigenvalue weighted by atomic mass is 16.5. The number of nitrogens with one attached hydrogen (secondary N) is 1. The van der Waals surface area contributed by atoms with Crippen LogP contribution in [-0.4, -0.2) is 17.9 Å². The van der Waals surface area contributed by atoms with Crippen LogP contribution in [0.4, 0.5) is 0 Å². The number of hydrogen-bond donors (Lipinski definition) is 1. The van der Waals surface area contributed by atoms with E-state index in [4.69, 9.17) is 4.74 Å². The van der Waals surface area contributed by atoms with Gasteiger partial charge in [-0.1, -0.05) is 36.8 Å². The maximum Gasteiger partial charge on any atom is 0.310 e. The number of benzene rings is 1. The van der Waals surface area contributed by atoms with E-state index < -0.39 is 6.10 Å². The third-order valence-corrected chi connectivity index (χ3v) is 3.94. The van der Waals surface area contributed by atoms with Crippen LogP contribution in [0.1, 0.15) is 43.8 Å². The first kappa shape index (κ1) is 13.2. The van der Waals surface area contributed by atoms with Crippen molar-refractivity contribution in [3.63, 3.8) is 0 Å². The Morgan fingerprint density at radius 1 is 1.10 bits per heavy atom.